The van der Waals surface area contributed by atoms with E-state index in [4.69, 9.17) is 4.52 Å². The molecule has 0 unspecified atom stereocenters. The Morgan fingerprint density at radius 3 is 2.83 bits per heavy atom. The molecule has 0 aliphatic rings. The lowest BCUT2D eigenvalue weighted by Crippen LogP contribution is -2.01. The van der Waals surface area contributed by atoms with Crippen molar-refractivity contribution in [2.24, 2.45) is 0 Å². The molecular formula is C11H9IN2O4. The summed E-state index contributed by atoms with van der Waals surface area (Å²) in [5, 5.41) is 13.4. The van der Waals surface area contributed by atoms with Crippen LogP contribution in [0.1, 0.15) is 16.2 Å². The average molecular weight is 360 g/mol. The SMILES string of the molecule is COC(=O)c1nc(-c2cc(C)c(O)c(I)c2)no1. The monoisotopic (exact) mass is 360 g/mol. The van der Waals surface area contributed by atoms with Gasteiger partial charge in [0.25, 0.3) is 0 Å². The number of nitrogens with zero attached hydrogens (tertiary/aromatic N) is 2. The highest BCUT2D eigenvalue weighted by Crippen LogP contribution is 2.29. The van der Waals surface area contributed by atoms with Gasteiger partial charge in [-0.15, -0.1) is 0 Å². The summed E-state index contributed by atoms with van der Waals surface area (Å²) in [7, 11) is 1.24. The van der Waals surface area contributed by atoms with Crippen LogP contribution in [0.3, 0.4) is 0 Å². The number of phenolic OH excluding ortho intramolecular Hbond substituents is 1. The zero-order valence-corrected chi connectivity index (χ0v) is 11.8. The minimum atomic E-state index is -0.682. The third-order valence-corrected chi connectivity index (χ3v) is 3.12. The van der Waals surface area contributed by atoms with Gasteiger partial charge in [-0.05, 0) is 47.2 Å². The number of aromatic nitrogens is 2. The molecular weight excluding hydrogens is 351 g/mol. The Morgan fingerprint density at radius 2 is 2.22 bits per heavy atom. The van der Waals surface area contributed by atoms with Crippen LogP contribution in [-0.4, -0.2) is 28.3 Å². The number of rotatable bonds is 2. The molecule has 2 rings (SSSR count). The summed E-state index contributed by atoms with van der Waals surface area (Å²) in [4.78, 5) is 15.1. The number of phenols is 1. The van der Waals surface area contributed by atoms with Crippen LogP contribution in [0.15, 0.2) is 16.7 Å². The van der Waals surface area contributed by atoms with Crippen molar-refractivity contribution in [2.75, 3.05) is 7.11 Å². The number of ether oxygens (including phenoxy) is 1. The first kappa shape index (κ1) is 12.8. The van der Waals surface area contributed by atoms with E-state index in [9.17, 15) is 9.90 Å². The Hall–Kier alpha value is -1.64. The van der Waals surface area contributed by atoms with Crippen LogP contribution in [-0.2, 0) is 4.74 Å². The topological polar surface area (TPSA) is 85.5 Å². The van der Waals surface area contributed by atoms with Gasteiger partial charge in [-0.2, -0.15) is 4.98 Å². The Bertz CT molecular complexity index is 586. The first-order valence-electron chi connectivity index (χ1n) is 4.94. The van der Waals surface area contributed by atoms with Gasteiger partial charge in [0.2, 0.25) is 5.82 Å². The number of hydrogen-bond acceptors (Lipinski definition) is 6. The van der Waals surface area contributed by atoms with Crippen LogP contribution >= 0.6 is 22.6 Å². The Labute approximate surface area is 116 Å². The molecule has 7 heteroatoms. The van der Waals surface area contributed by atoms with E-state index in [0.29, 0.717) is 14.7 Å². The highest BCUT2D eigenvalue weighted by atomic mass is 127. The van der Waals surface area contributed by atoms with E-state index in [1.807, 2.05) is 22.6 Å². The van der Waals surface area contributed by atoms with E-state index in [-0.39, 0.29) is 17.5 Å². The van der Waals surface area contributed by atoms with Crippen LogP contribution in [0.2, 0.25) is 0 Å². The van der Waals surface area contributed by atoms with Crippen molar-refractivity contribution in [1.82, 2.24) is 10.1 Å². The Balaban J connectivity index is 2.43. The van der Waals surface area contributed by atoms with Gasteiger partial charge >= 0.3 is 11.9 Å². The Morgan fingerprint density at radius 1 is 1.50 bits per heavy atom. The quantitative estimate of drug-likeness (QED) is 0.653. The van der Waals surface area contributed by atoms with Gasteiger partial charge in [0.05, 0.1) is 10.7 Å². The molecule has 94 valence electrons. The molecule has 0 atom stereocenters. The number of aromatic hydroxyl groups is 1. The van der Waals surface area contributed by atoms with Gasteiger partial charge in [-0.25, -0.2) is 4.79 Å². The van der Waals surface area contributed by atoms with Crippen molar-refractivity contribution in [3.05, 3.63) is 27.2 Å². The van der Waals surface area contributed by atoms with Crippen molar-refractivity contribution in [1.29, 1.82) is 0 Å². The highest BCUT2D eigenvalue weighted by molar-refractivity contribution is 14.1. The van der Waals surface area contributed by atoms with Crippen LogP contribution < -0.4 is 0 Å². The maximum absolute atomic E-state index is 11.2. The van der Waals surface area contributed by atoms with E-state index in [1.54, 1.807) is 19.1 Å². The maximum atomic E-state index is 11.2. The fraction of sp³-hybridized carbons (Fsp3) is 0.182. The summed E-state index contributed by atoms with van der Waals surface area (Å²) in [6.45, 7) is 1.77. The molecule has 2 aromatic rings. The van der Waals surface area contributed by atoms with Crippen molar-refractivity contribution in [2.45, 2.75) is 6.92 Å². The van der Waals surface area contributed by atoms with Crippen LogP contribution in [0.25, 0.3) is 11.4 Å². The molecule has 0 bridgehead atoms. The fourth-order valence-corrected chi connectivity index (χ4v) is 2.14. The number of aryl methyl sites for hydroxylation is 1. The van der Waals surface area contributed by atoms with Gasteiger partial charge < -0.3 is 14.4 Å². The number of halogens is 1. The lowest BCUT2D eigenvalue weighted by Gasteiger charge is -2.03. The van der Waals surface area contributed by atoms with Crippen molar-refractivity contribution < 1.29 is 19.2 Å². The first-order chi connectivity index (χ1) is 8.52. The number of carbonyl (C=O) groups is 1. The molecule has 6 nitrogen and oxygen atoms in total. The highest BCUT2D eigenvalue weighted by Gasteiger charge is 2.17. The van der Waals surface area contributed by atoms with E-state index in [0.717, 1.165) is 0 Å². The second-order valence-electron chi connectivity index (χ2n) is 3.54. The number of esters is 1. The molecule has 0 aliphatic carbocycles. The molecule has 1 aromatic carbocycles. The molecule has 0 amide bonds. The summed E-state index contributed by atoms with van der Waals surface area (Å²) < 4.78 is 9.93. The van der Waals surface area contributed by atoms with Gasteiger partial charge in [0.15, 0.2) is 0 Å². The zero-order valence-electron chi connectivity index (χ0n) is 9.60. The maximum Gasteiger partial charge on any atom is 0.397 e. The molecule has 0 saturated carbocycles. The van der Waals surface area contributed by atoms with E-state index < -0.39 is 5.97 Å². The van der Waals surface area contributed by atoms with E-state index in [1.165, 1.54) is 7.11 Å². The number of benzene rings is 1. The predicted octanol–water partition coefficient (Wildman–Crippen LogP) is 2.14. The lowest BCUT2D eigenvalue weighted by atomic mass is 10.1. The van der Waals surface area contributed by atoms with Gasteiger partial charge in [-0.1, -0.05) is 5.16 Å². The largest absolute Gasteiger partial charge is 0.507 e. The van der Waals surface area contributed by atoms with Crippen LogP contribution in [0, 0.1) is 10.5 Å². The fourth-order valence-electron chi connectivity index (χ4n) is 1.38. The summed E-state index contributed by atoms with van der Waals surface area (Å²) in [6, 6.07) is 3.41. The van der Waals surface area contributed by atoms with Gasteiger partial charge in [0.1, 0.15) is 5.75 Å². The summed E-state index contributed by atoms with van der Waals surface area (Å²) in [5.74, 6) is -0.389. The number of methoxy groups -OCH3 is 1. The minimum absolute atomic E-state index is 0.201. The van der Waals surface area contributed by atoms with E-state index in [2.05, 4.69) is 14.9 Å². The second kappa shape index (κ2) is 4.92. The minimum Gasteiger partial charge on any atom is -0.507 e. The van der Waals surface area contributed by atoms with Crippen molar-refractivity contribution >= 4 is 28.6 Å². The average Bonchev–Trinajstić information content (AvgIpc) is 2.84. The van der Waals surface area contributed by atoms with Crippen molar-refractivity contribution in [3.8, 4) is 17.1 Å². The number of carbonyl (C=O) groups excluding carboxylic acids is 1. The zero-order chi connectivity index (χ0) is 13.3. The molecule has 1 aromatic heterocycles. The van der Waals surface area contributed by atoms with E-state index >= 15 is 0 Å². The molecule has 0 spiro atoms. The second-order valence-corrected chi connectivity index (χ2v) is 4.70. The standard InChI is InChI=1S/C11H9IN2O4/c1-5-3-6(4-7(12)8(5)15)9-13-10(18-14-9)11(16)17-2/h3-4,15H,1-2H3. The first-order valence-corrected chi connectivity index (χ1v) is 6.02. The van der Waals surface area contributed by atoms with Crippen molar-refractivity contribution in [3.63, 3.8) is 0 Å². The third-order valence-electron chi connectivity index (χ3n) is 2.30. The normalized spacial score (nSPS) is 10.4. The molecule has 0 fully saturated rings. The molecule has 1 N–H and O–H groups in total. The molecule has 0 radical (unpaired) electrons. The molecule has 0 saturated heterocycles. The van der Waals surface area contributed by atoms with Gasteiger partial charge in [-0.3, -0.25) is 0 Å². The van der Waals surface area contributed by atoms with Gasteiger partial charge in [0, 0.05) is 5.56 Å². The number of hydrogen-bond donors (Lipinski definition) is 1. The summed E-state index contributed by atoms with van der Waals surface area (Å²) in [6.07, 6.45) is 0. The van der Waals surface area contributed by atoms with Crippen LogP contribution in [0.5, 0.6) is 5.75 Å². The lowest BCUT2D eigenvalue weighted by molar-refractivity contribution is 0.0545. The van der Waals surface area contributed by atoms with Crippen LogP contribution in [0.4, 0.5) is 0 Å². The molecule has 0 aliphatic heterocycles. The molecule has 18 heavy (non-hydrogen) atoms. The predicted molar refractivity (Wildman–Crippen MR) is 70.2 cm³/mol. The summed E-state index contributed by atoms with van der Waals surface area (Å²) >= 11 is 2.00. The third kappa shape index (κ3) is 2.30. The summed E-state index contributed by atoms with van der Waals surface area (Å²) in [5.41, 5.74) is 1.36. The molecule has 1 heterocycles. The Kier molecular flexibility index (Phi) is 3.50. The smallest absolute Gasteiger partial charge is 0.397 e.